The van der Waals surface area contributed by atoms with Crippen LogP contribution in [0.1, 0.15) is 43.0 Å². The van der Waals surface area contributed by atoms with Crippen LogP contribution in [-0.2, 0) is 10.2 Å². The molecule has 1 atom stereocenters. The number of hydrogen-bond acceptors (Lipinski definition) is 2. The number of aryl methyl sites for hydroxylation is 2. The lowest BCUT2D eigenvalue weighted by Crippen LogP contribution is -2.30. The van der Waals surface area contributed by atoms with Crippen LogP contribution in [0.4, 0.5) is 5.69 Å². The second kappa shape index (κ2) is 8.52. The zero-order valence-electron chi connectivity index (χ0n) is 17.8. The van der Waals surface area contributed by atoms with Crippen LogP contribution >= 0.6 is 0 Å². The van der Waals surface area contributed by atoms with Gasteiger partial charge in [-0.05, 0) is 67.3 Å². The first-order valence-electron chi connectivity index (χ1n) is 9.97. The normalized spacial score (nSPS) is 12.3. The van der Waals surface area contributed by atoms with Crippen LogP contribution in [0.5, 0.6) is 5.75 Å². The molecule has 1 unspecified atom stereocenters. The first-order chi connectivity index (χ1) is 13.8. The van der Waals surface area contributed by atoms with Gasteiger partial charge in [-0.3, -0.25) is 4.79 Å². The number of nitrogens with one attached hydrogen (secondary N) is 1. The van der Waals surface area contributed by atoms with Crippen molar-refractivity contribution >= 4 is 11.6 Å². The van der Waals surface area contributed by atoms with Crippen molar-refractivity contribution in [2.45, 2.75) is 46.1 Å². The summed E-state index contributed by atoms with van der Waals surface area (Å²) >= 11 is 0. The lowest BCUT2D eigenvalue weighted by Gasteiger charge is -2.26. The van der Waals surface area contributed by atoms with E-state index in [0.29, 0.717) is 5.75 Å². The Bertz CT molecular complexity index is 955. The fraction of sp³-hybridized carbons (Fsp3) is 0.269. The number of carbonyl (C=O) groups excluding carboxylic acids is 1. The highest BCUT2D eigenvalue weighted by atomic mass is 16.5. The van der Waals surface area contributed by atoms with E-state index in [1.807, 2.05) is 44.2 Å². The summed E-state index contributed by atoms with van der Waals surface area (Å²) in [7, 11) is 0. The second-order valence-electron chi connectivity index (χ2n) is 8.14. The van der Waals surface area contributed by atoms with Crippen molar-refractivity contribution in [2.75, 3.05) is 5.32 Å². The summed E-state index contributed by atoms with van der Waals surface area (Å²) in [6, 6.07) is 24.4. The number of hydrogen-bond donors (Lipinski definition) is 1. The van der Waals surface area contributed by atoms with Gasteiger partial charge in [0.1, 0.15) is 5.75 Å². The summed E-state index contributed by atoms with van der Waals surface area (Å²) < 4.78 is 5.87. The Kier molecular flexibility index (Phi) is 6.07. The monoisotopic (exact) mass is 387 g/mol. The average molecular weight is 388 g/mol. The molecule has 3 aromatic rings. The molecule has 0 aliphatic rings. The molecule has 1 N–H and O–H groups in total. The minimum absolute atomic E-state index is 0.105. The Morgan fingerprint density at radius 1 is 0.862 bits per heavy atom. The molecular formula is C26H29NO2. The molecule has 3 rings (SSSR count). The largest absolute Gasteiger partial charge is 0.481 e. The van der Waals surface area contributed by atoms with Gasteiger partial charge in [0.2, 0.25) is 0 Å². The van der Waals surface area contributed by atoms with Crippen LogP contribution in [0.25, 0.3) is 0 Å². The van der Waals surface area contributed by atoms with Gasteiger partial charge in [-0.1, -0.05) is 62.4 Å². The number of ether oxygens (including phenoxy) is 1. The Hall–Kier alpha value is -3.07. The number of rotatable bonds is 6. The fourth-order valence-corrected chi connectivity index (χ4v) is 3.52. The number of benzene rings is 3. The third-order valence-electron chi connectivity index (χ3n) is 5.24. The predicted octanol–water partition coefficient (Wildman–Crippen LogP) is 6.04. The quantitative estimate of drug-likeness (QED) is 0.560. The van der Waals surface area contributed by atoms with Gasteiger partial charge < -0.3 is 10.1 Å². The smallest absolute Gasteiger partial charge is 0.265 e. The van der Waals surface area contributed by atoms with Crippen molar-refractivity contribution in [3.05, 3.63) is 95.1 Å². The molecule has 0 aliphatic carbocycles. The first-order valence-corrected chi connectivity index (χ1v) is 9.97. The Morgan fingerprint density at radius 2 is 1.41 bits per heavy atom. The molecule has 29 heavy (non-hydrogen) atoms. The van der Waals surface area contributed by atoms with E-state index in [-0.39, 0.29) is 11.3 Å². The molecule has 0 aliphatic heterocycles. The highest BCUT2D eigenvalue weighted by Gasteiger charge is 2.23. The molecule has 1 amide bonds. The van der Waals surface area contributed by atoms with Crippen molar-refractivity contribution in [3.8, 4) is 5.75 Å². The fourth-order valence-electron chi connectivity index (χ4n) is 3.52. The van der Waals surface area contributed by atoms with E-state index in [1.165, 1.54) is 11.1 Å². The van der Waals surface area contributed by atoms with Gasteiger partial charge in [0, 0.05) is 11.1 Å². The van der Waals surface area contributed by atoms with Crippen LogP contribution in [0.3, 0.4) is 0 Å². The van der Waals surface area contributed by atoms with Crippen molar-refractivity contribution in [2.24, 2.45) is 0 Å². The molecule has 0 saturated heterocycles. The molecule has 3 aromatic carbocycles. The van der Waals surface area contributed by atoms with Crippen LogP contribution < -0.4 is 10.1 Å². The van der Waals surface area contributed by atoms with E-state index in [9.17, 15) is 4.79 Å². The molecule has 0 radical (unpaired) electrons. The zero-order valence-corrected chi connectivity index (χ0v) is 17.8. The molecular weight excluding hydrogens is 358 g/mol. The topological polar surface area (TPSA) is 38.3 Å². The van der Waals surface area contributed by atoms with Crippen molar-refractivity contribution < 1.29 is 9.53 Å². The molecule has 0 spiro atoms. The van der Waals surface area contributed by atoms with Crippen molar-refractivity contribution in [1.29, 1.82) is 0 Å². The number of carbonyl (C=O) groups is 1. The van der Waals surface area contributed by atoms with E-state index in [0.717, 1.165) is 16.8 Å². The maximum Gasteiger partial charge on any atom is 0.265 e. The van der Waals surface area contributed by atoms with Crippen LogP contribution in [0.2, 0.25) is 0 Å². The molecule has 0 aromatic heterocycles. The summed E-state index contributed by atoms with van der Waals surface area (Å²) in [5, 5.41) is 2.94. The number of anilines is 1. The average Bonchev–Trinajstić information content (AvgIpc) is 2.68. The zero-order chi connectivity index (χ0) is 21.0. The highest BCUT2D eigenvalue weighted by molar-refractivity contribution is 5.94. The van der Waals surface area contributed by atoms with Crippen molar-refractivity contribution in [3.63, 3.8) is 0 Å². The molecule has 0 saturated carbocycles. The van der Waals surface area contributed by atoms with Crippen LogP contribution in [-0.4, -0.2) is 12.0 Å². The van der Waals surface area contributed by atoms with E-state index in [4.69, 9.17) is 4.74 Å². The molecule has 0 heterocycles. The molecule has 3 nitrogen and oxygen atoms in total. The summed E-state index contributed by atoms with van der Waals surface area (Å²) in [5.74, 6) is 0.518. The Labute approximate surface area is 173 Å². The second-order valence-corrected chi connectivity index (χ2v) is 8.14. The van der Waals surface area contributed by atoms with Crippen molar-refractivity contribution in [1.82, 2.24) is 0 Å². The predicted molar refractivity (Wildman–Crippen MR) is 120 cm³/mol. The summed E-state index contributed by atoms with van der Waals surface area (Å²) in [5.41, 5.74) is 5.38. The SMILES string of the molecule is Cc1cc(C)cc(NC(=O)C(C)Oc2ccc(C(C)(C)c3ccccc3)cc2)c1. The van der Waals surface area contributed by atoms with Crippen LogP contribution in [0.15, 0.2) is 72.8 Å². The van der Waals surface area contributed by atoms with Gasteiger partial charge in [0.25, 0.3) is 5.91 Å². The van der Waals surface area contributed by atoms with Gasteiger partial charge >= 0.3 is 0 Å². The van der Waals surface area contributed by atoms with Gasteiger partial charge in [0.15, 0.2) is 6.10 Å². The Morgan fingerprint density at radius 3 is 2.00 bits per heavy atom. The summed E-state index contributed by atoms with van der Waals surface area (Å²) in [6.07, 6.45) is -0.594. The van der Waals surface area contributed by atoms with E-state index in [2.05, 4.69) is 61.6 Å². The lowest BCUT2D eigenvalue weighted by molar-refractivity contribution is -0.122. The third kappa shape index (κ3) is 5.05. The summed E-state index contributed by atoms with van der Waals surface area (Å²) in [4.78, 5) is 12.5. The highest BCUT2D eigenvalue weighted by Crippen LogP contribution is 2.32. The van der Waals surface area contributed by atoms with Gasteiger partial charge in [0.05, 0.1) is 0 Å². The minimum Gasteiger partial charge on any atom is -0.481 e. The third-order valence-corrected chi connectivity index (χ3v) is 5.24. The van der Waals surface area contributed by atoms with E-state index >= 15 is 0 Å². The van der Waals surface area contributed by atoms with E-state index < -0.39 is 6.10 Å². The molecule has 3 heteroatoms. The maximum atomic E-state index is 12.5. The lowest BCUT2D eigenvalue weighted by atomic mass is 9.78. The molecule has 150 valence electrons. The Balaban J connectivity index is 1.66. The van der Waals surface area contributed by atoms with Crippen LogP contribution in [0, 0.1) is 13.8 Å². The van der Waals surface area contributed by atoms with Gasteiger partial charge in [-0.25, -0.2) is 0 Å². The molecule has 0 bridgehead atoms. The van der Waals surface area contributed by atoms with Gasteiger partial charge in [-0.2, -0.15) is 0 Å². The first kappa shape index (κ1) is 20.7. The standard InChI is InChI=1S/C26H29NO2/c1-18-15-19(2)17-23(16-18)27-25(28)20(3)29-24-13-11-22(12-14-24)26(4,5)21-9-7-6-8-10-21/h6-17,20H,1-5H3,(H,27,28). The minimum atomic E-state index is -0.594. The summed E-state index contributed by atoms with van der Waals surface area (Å²) in [6.45, 7) is 10.2. The van der Waals surface area contributed by atoms with E-state index in [1.54, 1.807) is 6.92 Å². The maximum absolute atomic E-state index is 12.5. The molecule has 0 fully saturated rings. The van der Waals surface area contributed by atoms with Gasteiger partial charge in [-0.15, -0.1) is 0 Å². The number of amides is 1.